The van der Waals surface area contributed by atoms with Crippen molar-refractivity contribution in [3.05, 3.63) is 35.6 Å². The molecule has 5 nitrogen and oxygen atoms in total. The van der Waals surface area contributed by atoms with E-state index in [-0.39, 0.29) is 5.57 Å². The lowest BCUT2D eigenvalue weighted by Gasteiger charge is -2.00. The molecule has 108 valence electrons. The van der Waals surface area contributed by atoms with Crippen molar-refractivity contribution in [1.82, 2.24) is 5.32 Å². The Bertz CT molecular complexity index is 723. The molecule has 0 aliphatic heterocycles. The second kappa shape index (κ2) is 6.62. The molecule has 1 aromatic heterocycles. The fourth-order valence-electron chi connectivity index (χ4n) is 1.91. The summed E-state index contributed by atoms with van der Waals surface area (Å²) in [5.74, 6) is 0.658. The molecule has 1 heterocycles. The topological polar surface area (TPSA) is 75.3 Å². The molecule has 1 amide bonds. The van der Waals surface area contributed by atoms with E-state index in [4.69, 9.17) is 14.4 Å². The average Bonchev–Trinajstić information content (AvgIpc) is 2.92. The number of rotatable bonds is 5. The van der Waals surface area contributed by atoms with Crippen LogP contribution in [0, 0.1) is 11.3 Å². The number of para-hydroxylation sites is 1. The van der Waals surface area contributed by atoms with Gasteiger partial charge in [0, 0.05) is 18.0 Å². The Labute approximate surface area is 122 Å². The van der Waals surface area contributed by atoms with Crippen LogP contribution in [0.3, 0.4) is 0 Å². The minimum Gasteiger partial charge on any atom is -0.493 e. The molecule has 0 unspecified atom stereocenters. The van der Waals surface area contributed by atoms with Gasteiger partial charge < -0.3 is 14.5 Å². The smallest absolute Gasteiger partial charge is 0.262 e. The number of carbonyl (C=O) groups is 1. The molecule has 0 aliphatic rings. The van der Waals surface area contributed by atoms with Gasteiger partial charge in [-0.3, -0.25) is 4.79 Å². The van der Waals surface area contributed by atoms with Crippen molar-refractivity contribution in [1.29, 1.82) is 5.26 Å². The Morgan fingerprint density at radius 2 is 2.33 bits per heavy atom. The third-order valence-corrected chi connectivity index (χ3v) is 2.93. The third-order valence-electron chi connectivity index (χ3n) is 2.93. The summed E-state index contributed by atoms with van der Waals surface area (Å²) in [6, 6.07) is 9.17. The standard InChI is InChI=1S/C16H16N2O3/c1-3-7-18-16(19)12(10-17)9-13-8-11-5-4-6-14(20-2)15(11)21-13/h4-6,8-9H,3,7H2,1-2H3,(H,18,19)/b12-9+. The number of ether oxygens (including phenoxy) is 1. The lowest BCUT2D eigenvalue weighted by Crippen LogP contribution is -2.25. The maximum absolute atomic E-state index is 11.8. The van der Waals surface area contributed by atoms with E-state index in [1.807, 2.05) is 25.1 Å². The van der Waals surface area contributed by atoms with Crippen LogP contribution in [0.15, 0.2) is 34.3 Å². The van der Waals surface area contributed by atoms with Crippen molar-refractivity contribution in [3.63, 3.8) is 0 Å². The minimum atomic E-state index is -0.397. The van der Waals surface area contributed by atoms with Crippen LogP contribution in [-0.2, 0) is 4.79 Å². The Morgan fingerprint density at radius 3 is 3.00 bits per heavy atom. The molecule has 0 bridgehead atoms. The first-order valence-electron chi connectivity index (χ1n) is 6.66. The zero-order valence-electron chi connectivity index (χ0n) is 12.0. The first-order chi connectivity index (χ1) is 10.2. The molecule has 2 rings (SSSR count). The molecule has 0 saturated carbocycles. The number of carbonyl (C=O) groups excluding carboxylic acids is 1. The number of nitrogens with zero attached hydrogens (tertiary/aromatic N) is 1. The van der Waals surface area contributed by atoms with Gasteiger partial charge in [0.25, 0.3) is 5.91 Å². The molecule has 5 heteroatoms. The van der Waals surface area contributed by atoms with Crippen molar-refractivity contribution in [2.45, 2.75) is 13.3 Å². The van der Waals surface area contributed by atoms with Gasteiger partial charge in [-0.1, -0.05) is 19.1 Å². The highest BCUT2D eigenvalue weighted by Crippen LogP contribution is 2.29. The van der Waals surface area contributed by atoms with Crippen LogP contribution in [0.25, 0.3) is 17.0 Å². The van der Waals surface area contributed by atoms with Gasteiger partial charge in [0.15, 0.2) is 11.3 Å². The molecular formula is C16H16N2O3. The zero-order valence-corrected chi connectivity index (χ0v) is 12.0. The largest absolute Gasteiger partial charge is 0.493 e. The van der Waals surface area contributed by atoms with E-state index >= 15 is 0 Å². The molecule has 0 fully saturated rings. The molecular weight excluding hydrogens is 268 g/mol. The lowest BCUT2D eigenvalue weighted by molar-refractivity contribution is -0.117. The predicted octanol–water partition coefficient (Wildman–Crippen LogP) is 2.87. The molecule has 0 spiro atoms. The van der Waals surface area contributed by atoms with Crippen molar-refractivity contribution in [3.8, 4) is 11.8 Å². The number of methoxy groups -OCH3 is 1. The van der Waals surface area contributed by atoms with Crippen LogP contribution in [0.1, 0.15) is 19.1 Å². The van der Waals surface area contributed by atoms with E-state index in [0.717, 1.165) is 11.8 Å². The van der Waals surface area contributed by atoms with Crippen LogP contribution in [-0.4, -0.2) is 19.6 Å². The summed E-state index contributed by atoms with van der Waals surface area (Å²) in [4.78, 5) is 11.8. The monoisotopic (exact) mass is 284 g/mol. The van der Waals surface area contributed by atoms with Crippen LogP contribution < -0.4 is 10.1 Å². The maximum Gasteiger partial charge on any atom is 0.262 e. The number of hydrogen-bond acceptors (Lipinski definition) is 4. The molecule has 1 N–H and O–H groups in total. The first-order valence-corrected chi connectivity index (χ1v) is 6.66. The Morgan fingerprint density at radius 1 is 1.52 bits per heavy atom. The van der Waals surface area contributed by atoms with Crippen LogP contribution in [0.4, 0.5) is 0 Å². The summed E-state index contributed by atoms with van der Waals surface area (Å²) in [5.41, 5.74) is 0.610. The molecule has 0 radical (unpaired) electrons. The van der Waals surface area contributed by atoms with E-state index < -0.39 is 5.91 Å². The van der Waals surface area contributed by atoms with Crippen LogP contribution >= 0.6 is 0 Å². The highest BCUT2D eigenvalue weighted by atomic mass is 16.5. The SMILES string of the molecule is CCCNC(=O)/C(C#N)=C/c1cc2cccc(OC)c2o1. The highest BCUT2D eigenvalue weighted by molar-refractivity contribution is 6.01. The summed E-state index contributed by atoms with van der Waals surface area (Å²) in [6.07, 6.45) is 2.25. The summed E-state index contributed by atoms with van der Waals surface area (Å²) >= 11 is 0. The van der Waals surface area contributed by atoms with Gasteiger partial charge in [-0.25, -0.2) is 0 Å². The maximum atomic E-state index is 11.8. The van der Waals surface area contributed by atoms with Gasteiger partial charge in [0.1, 0.15) is 17.4 Å². The van der Waals surface area contributed by atoms with Gasteiger partial charge in [0.2, 0.25) is 0 Å². The summed E-state index contributed by atoms with van der Waals surface area (Å²) in [6.45, 7) is 2.48. The van der Waals surface area contributed by atoms with Gasteiger partial charge in [0.05, 0.1) is 7.11 Å². The number of nitrogens with one attached hydrogen (secondary N) is 1. The fraction of sp³-hybridized carbons (Fsp3) is 0.250. The summed E-state index contributed by atoms with van der Waals surface area (Å²) in [7, 11) is 1.56. The normalized spacial score (nSPS) is 11.2. The molecule has 0 saturated heterocycles. The predicted molar refractivity (Wildman–Crippen MR) is 79.7 cm³/mol. The third kappa shape index (κ3) is 3.23. The van der Waals surface area contributed by atoms with Crippen molar-refractivity contribution < 1.29 is 13.9 Å². The zero-order chi connectivity index (χ0) is 15.2. The lowest BCUT2D eigenvalue weighted by atomic mass is 10.2. The van der Waals surface area contributed by atoms with Gasteiger partial charge >= 0.3 is 0 Å². The van der Waals surface area contributed by atoms with E-state index in [1.54, 1.807) is 19.2 Å². The van der Waals surface area contributed by atoms with Crippen molar-refractivity contribution >= 4 is 23.0 Å². The van der Waals surface area contributed by atoms with E-state index in [2.05, 4.69) is 5.32 Å². The molecule has 21 heavy (non-hydrogen) atoms. The van der Waals surface area contributed by atoms with Crippen molar-refractivity contribution in [2.75, 3.05) is 13.7 Å². The molecule has 0 aliphatic carbocycles. The van der Waals surface area contributed by atoms with E-state index in [0.29, 0.717) is 23.6 Å². The number of benzene rings is 1. The van der Waals surface area contributed by atoms with Crippen LogP contribution in [0.5, 0.6) is 5.75 Å². The Kier molecular flexibility index (Phi) is 4.62. The molecule has 0 atom stereocenters. The first kappa shape index (κ1) is 14.7. The fourth-order valence-corrected chi connectivity index (χ4v) is 1.91. The highest BCUT2D eigenvalue weighted by Gasteiger charge is 2.11. The van der Waals surface area contributed by atoms with Crippen LogP contribution in [0.2, 0.25) is 0 Å². The number of fused-ring (bicyclic) bond motifs is 1. The van der Waals surface area contributed by atoms with Gasteiger partial charge in [-0.05, 0) is 18.6 Å². The van der Waals surface area contributed by atoms with Gasteiger partial charge in [-0.2, -0.15) is 5.26 Å². The van der Waals surface area contributed by atoms with Gasteiger partial charge in [-0.15, -0.1) is 0 Å². The number of furan rings is 1. The second-order valence-corrected chi connectivity index (χ2v) is 4.45. The molecule has 2 aromatic rings. The summed E-state index contributed by atoms with van der Waals surface area (Å²) in [5, 5.41) is 12.6. The second-order valence-electron chi connectivity index (χ2n) is 4.45. The van der Waals surface area contributed by atoms with E-state index in [9.17, 15) is 4.79 Å². The van der Waals surface area contributed by atoms with E-state index in [1.165, 1.54) is 6.08 Å². The molecule has 1 aromatic carbocycles. The Balaban J connectivity index is 2.35. The number of amides is 1. The summed E-state index contributed by atoms with van der Waals surface area (Å²) < 4.78 is 10.9. The number of nitriles is 1. The average molecular weight is 284 g/mol. The minimum absolute atomic E-state index is 0.0153. The number of hydrogen-bond donors (Lipinski definition) is 1. The Hall–Kier alpha value is -2.74. The quantitative estimate of drug-likeness (QED) is 0.676. The van der Waals surface area contributed by atoms with Crippen molar-refractivity contribution in [2.24, 2.45) is 0 Å².